The van der Waals surface area contributed by atoms with E-state index in [0.29, 0.717) is 19.1 Å². The molecule has 3 aromatic rings. The van der Waals surface area contributed by atoms with Crippen LogP contribution in [0, 0.1) is 19.7 Å². The number of pyridine rings is 3. The van der Waals surface area contributed by atoms with Crippen molar-refractivity contribution < 1.29 is 4.39 Å². The second-order valence-corrected chi connectivity index (χ2v) is 8.14. The molecule has 1 fully saturated rings. The molecule has 0 atom stereocenters. The van der Waals surface area contributed by atoms with Crippen molar-refractivity contribution >= 4 is 11.0 Å². The second kappa shape index (κ2) is 9.02. The number of nitrogens with one attached hydrogen (secondary N) is 1. The number of piperidine rings is 1. The van der Waals surface area contributed by atoms with Gasteiger partial charge in [-0.05, 0) is 69.1 Å². The molecule has 0 radical (unpaired) electrons. The number of nitrogens with zero attached hydrogens (tertiary/aromatic N) is 4. The molecule has 1 aliphatic heterocycles. The van der Waals surface area contributed by atoms with E-state index in [1.807, 2.05) is 30.7 Å². The van der Waals surface area contributed by atoms with E-state index >= 15 is 0 Å². The summed E-state index contributed by atoms with van der Waals surface area (Å²) in [6, 6.07) is 7.40. The number of rotatable bonds is 6. The lowest BCUT2D eigenvalue weighted by Gasteiger charge is -2.32. The van der Waals surface area contributed by atoms with Gasteiger partial charge in [0.05, 0.1) is 17.2 Å². The van der Waals surface area contributed by atoms with Crippen LogP contribution in [0.3, 0.4) is 0 Å². The van der Waals surface area contributed by atoms with E-state index in [0.717, 1.165) is 60.3 Å². The van der Waals surface area contributed by atoms with Crippen LogP contribution in [0.2, 0.25) is 0 Å². The highest BCUT2D eigenvalue weighted by Gasteiger charge is 2.19. The van der Waals surface area contributed by atoms with Crippen molar-refractivity contribution in [1.29, 1.82) is 0 Å². The smallest absolute Gasteiger partial charge is 0.251 e. The van der Waals surface area contributed by atoms with Crippen LogP contribution >= 0.6 is 0 Å². The van der Waals surface area contributed by atoms with Crippen molar-refractivity contribution in [3.8, 4) is 0 Å². The van der Waals surface area contributed by atoms with Crippen LogP contribution in [0.1, 0.15) is 29.7 Å². The number of hydrogen-bond donors (Lipinski definition) is 1. The Labute approximate surface area is 175 Å². The Bertz CT molecular complexity index is 1090. The first-order valence-corrected chi connectivity index (χ1v) is 10.5. The van der Waals surface area contributed by atoms with Gasteiger partial charge in [0.2, 0.25) is 0 Å². The molecule has 0 unspecified atom stereocenters. The van der Waals surface area contributed by atoms with Crippen molar-refractivity contribution in [3.05, 3.63) is 69.7 Å². The Balaban J connectivity index is 1.31. The minimum atomic E-state index is -0.290. The van der Waals surface area contributed by atoms with Crippen molar-refractivity contribution in [3.63, 3.8) is 0 Å². The summed E-state index contributed by atoms with van der Waals surface area (Å²) in [4.78, 5) is 23.3. The third kappa shape index (κ3) is 4.74. The first kappa shape index (κ1) is 20.6. The van der Waals surface area contributed by atoms with Gasteiger partial charge in [0.25, 0.3) is 5.56 Å². The summed E-state index contributed by atoms with van der Waals surface area (Å²) in [5.41, 5.74) is 4.61. The highest BCUT2D eigenvalue weighted by Crippen LogP contribution is 2.14. The van der Waals surface area contributed by atoms with Crippen molar-refractivity contribution in [1.82, 2.24) is 24.8 Å². The molecule has 30 heavy (non-hydrogen) atoms. The maximum atomic E-state index is 13.4. The predicted molar refractivity (Wildman–Crippen MR) is 116 cm³/mol. The molecule has 6 nitrogen and oxygen atoms in total. The van der Waals surface area contributed by atoms with Crippen molar-refractivity contribution in [2.75, 3.05) is 19.6 Å². The molecule has 3 aromatic heterocycles. The molecular formula is C23H28FN5O. The molecule has 4 rings (SSSR count). The molecule has 0 bridgehead atoms. The standard InChI is InChI=1S/C23H28FN5O/c1-16-11-22-21(27-13-16)3-4-23(30)29(22)10-9-28-7-5-20(6-8-28)26-14-18-12-19(24)15-25-17(18)2/h3-4,11-13,15,20,26H,5-10,14H2,1-2H3. The van der Waals surface area contributed by atoms with E-state index in [9.17, 15) is 9.18 Å². The Morgan fingerprint density at radius 2 is 1.90 bits per heavy atom. The van der Waals surface area contributed by atoms with Gasteiger partial charge in [-0.15, -0.1) is 0 Å². The summed E-state index contributed by atoms with van der Waals surface area (Å²) in [6.07, 6.45) is 5.16. The summed E-state index contributed by atoms with van der Waals surface area (Å²) in [5.74, 6) is -0.290. The average Bonchev–Trinajstić information content (AvgIpc) is 2.74. The van der Waals surface area contributed by atoms with Crippen molar-refractivity contribution in [2.24, 2.45) is 0 Å². The SMILES string of the molecule is Cc1cnc2ccc(=O)n(CCN3CCC(NCc4cc(F)cnc4C)CC3)c2c1. The highest BCUT2D eigenvalue weighted by molar-refractivity contribution is 5.74. The number of fused-ring (bicyclic) bond motifs is 1. The van der Waals surface area contributed by atoms with Gasteiger partial charge in [-0.1, -0.05) is 0 Å². The summed E-state index contributed by atoms with van der Waals surface area (Å²) in [7, 11) is 0. The van der Waals surface area contributed by atoms with E-state index in [-0.39, 0.29) is 11.4 Å². The molecule has 0 amide bonds. The Hall–Kier alpha value is -2.64. The van der Waals surface area contributed by atoms with Gasteiger partial charge in [0.1, 0.15) is 5.82 Å². The summed E-state index contributed by atoms with van der Waals surface area (Å²) >= 11 is 0. The normalized spacial score (nSPS) is 15.7. The molecule has 1 aliphatic rings. The molecule has 0 aromatic carbocycles. The van der Waals surface area contributed by atoms with Crippen LogP contribution in [-0.4, -0.2) is 45.1 Å². The van der Waals surface area contributed by atoms with E-state index in [1.54, 1.807) is 18.2 Å². The number of likely N-dealkylation sites (tertiary alicyclic amines) is 1. The molecule has 1 N–H and O–H groups in total. The second-order valence-electron chi connectivity index (χ2n) is 8.14. The van der Waals surface area contributed by atoms with Crippen LogP contribution in [0.4, 0.5) is 4.39 Å². The highest BCUT2D eigenvalue weighted by atomic mass is 19.1. The molecular weight excluding hydrogens is 381 g/mol. The lowest BCUT2D eigenvalue weighted by atomic mass is 10.0. The van der Waals surface area contributed by atoms with E-state index in [2.05, 4.69) is 20.2 Å². The molecule has 1 saturated heterocycles. The zero-order chi connectivity index (χ0) is 21.1. The monoisotopic (exact) mass is 409 g/mol. The predicted octanol–water partition coefficient (Wildman–Crippen LogP) is 2.80. The molecule has 0 spiro atoms. The Morgan fingerprint density at radius 1 is 1.10 bits per heavy atom. The van der Waals surface area contributed by atoms with Gasteiger partial charge in [-0.3, -0.25) is 14.8 Å². The third-order valence-corrected chi connectivity index (χ3v) is 5.94. The fraction of sp³-hybridized carbons (Fsp3) is 0.435. The third-order valence-electron chi connectivity index (χ3n) is 5.94. The Kier molecular flexibility index (Phi) is 6.20. The molecule has 0 aliphatic carbocycles. The van der Waals surface area contributed by atoms with Crippen LogP contribution in [0.5, 0.6) is 0 Å². The summed E-state index contributed by atoms with van der Waals surface area (Å²) < 4.78 is 15.2. The van der Waals surface area contributed by atoms with E-state index < -0.39 is 0 Å². The maximum Gasteiger partial charge on any atom is 0.251 e. The fourth-order valence-corrected chi connectivity index (χ4v) is 4.08. The maximum absolute atomic E-state index is 13.4. The molecule has 7 heteroatoms. The fourth-order valence-electron chi connectivity index (χ4n) is 4.08. The first-order chi connectivity index (χ1) is 14.5. The number of halogens is 1. The number of aryl methyl sites for hydroxylation is 2. The van der Waals surface area contributed by atoms with Gasteiger partial charge in [-0.25, -0.2) is 4.39 Å². The topological polar surface area (TPSA) is 63.1 Å². The minimum absolute atomic E-state index is 0.0190. The van der Waals surface area contributed by atoms with Crippen LogP contribution in [0.15, 0.2) is 41.5 Å². The lowest BCUT2D eigenvalue weighted by molar-refractivity contribution is 0.191. The quantitative estimate of drug-likeness (QED) is 0.678. The zero-order valence-electron chi connectivity index (χ0n) is 17.6. The summed E-state index contributed by atoms with van der Waals surface area (Å²) in [5, 5.41) is 3.54. The minimum Gasteiger partial charge on any atom is -0.310 e. The zero-order valence-corrected chi connectivity index (χ0v) is 17.6. The molecule has 4 heterocycles. The first-order valence-electron chi connectivity index (χ1n) is 10.5. The van der Waals surface area contributed by atoms with Gasteiger partial charge in [0.15, 0.2) is 0 Å². The van der Waals surface area contributed by atoms with Gasteiger partial charge in [-0.2, -0.15) is 0 Å². The van der Waals surface area contributed by atoms with Gasteiger partial charge >= 0.3 is 0 Å². The van der Waals surface area contributed by atoms with Gasteiger partial charge < -0.3 is 14.8 Å². The molecule has 158 valence electrons. The lowest BCUT2D eigenvalue weighted by Crippen LogP contribution is -2.43. The average molecular weight is 410 g/mol. The summed E-state index contributed by atoms with van der Waals surface area (Å²) in [6.45, 7) is 8.00. The Morgan fingerprint density at radius 3 is 2.70 bits per heavy atom. The van der Waals surface area contributed by atoms with Crippen LogP contribution in [-0.2, 0) is 13.1 Å². The largest absolute Gasteiger partial charge is 0.310 e. The van der Waals surface area contributed by atoms with Crippen LogP contribution in [0.25, 0.3) is 11.0 Å². The van der Waals surface area contributed by atoms with Gasteiger partial charge in [0, 0.05) is 43.6 Å². The number of hydrogen-bond acceptors (Lipinski definition) is 5. The van der Waals surface area contributed by atoms with E-state index in [1.165, 1.54) is 6.20 Å². The van der Waals surface area contributed by atoms with Crippen LogP contribution < -0.4 is 10.9 Å². The molecule has 0 saturated carbocycles. The number of aromatic nitrogens is 3. The van der Waals surface area contributed by atoms with E-state index in [4.69, 9.17) is 0 Å². The van der Waals surface area contributed by atoms with Crippen molar-refractivity contribution in [2.45, 2.75) is 45.8 Å².